The number of benzene rings is 1. The first-order valence-corrected chi connectivity index (χ1v) is 8.98. The second-order valence-electron chi connectivity index (χ2n) is 7.67. The number of aryl methyl sites for hydroxylation is 1. The summed E-state index contributed by atoms with van der Waals surface area (Å²) in [6, 6.07) is 6.72. The van der Waals surface area contributed by atoms with E-state index in [2.05, 4.69) is 59.1 Å². The summed E-state index contributed by atoms with van der Waals surface area (Å²) in [5, 5.41) is 12.4. The standard InChI is InChI=1S/C19H26N4O/c1-13(18-22-21-17-6-4-5-9-23(17)18)20-12-14-7-8-16-15(10-14)11-19(2,3)24-16/h7-8,10,13,20H,4-6,9,11-12H2,1-3H3/t13-/m0/s1. The summed E-state index contributed by atoms with van der Waals surface area (Å²) < 4.78 is 8.25. The van der Waals surface area contributed by atoms with Crippen molar-refractivity contribution in [2.75, 3.05) is 0 Å². The molecule has 0 aliphatic carbocycles. The topological polar surface area (TPSA) is 52.0 Å². The molecule has 0 amide bonds. The zero-order chi connectivity index (χ0) is 16.7. The van der Waals surface area contributed by atoms with Gasteiger partial charge in [-0.25, -0.2) is 0 Å². The van der Waals surface area contributed by atoms with Crippen LogP contribution in [-0.4, -0.2) is 20.4 Å². The molecule has 3 heterocycles. The van der Waals surface area contributed by atoms with Crippen molar-refractivity contribution in [1.82, 2.24) is 20.1 Å². The first kappa shape index (κ1) is 15.6. The van der Waals surface area contributed by atoms with E-state index in [4.69, 9.17) is 4.74 Å². The average molecular weight is 326 g/mol. The van der Waals surface area contributed by atoms with Gasteiger partial charge in [-0.1, -0.05) is 12.1 Å². The second-order valence-corrected chi connectivity index (χ2v) is 7.67. The molecule has 1 aromatic carbocycles. The smallest absolute Gasteiger partial charge is 0.149 e. The van der Waals surface area contributed by atoms with Crippen LogP contribution >= 0.6 is 0 Å². The van der Waals surface area contributed by atoms with Crippen LogP contribution in [0.3, 0.4) is 0 Å². The molecule has 0 unspecified atom stereocenters. The Morgan fingerprint density at radius 3 is 3.04 bits per heavy atom. The Balaban J connectivity index is 1.43. The summed E-state index contributed by atoms with van der Waals surface area (Å²) in [5.74, 6) is 3.24. The SMILES string of the molecule is C[C@H](NCc1ccc2c(c1)CC(C)(C)O2)c1nnc2n1CCCC2. The van der Waals surface area contributed by atoms with Gasteiger partial charge in [-0.2, -0.15) is 0 Å². The van der Waals surface area contributed by atoms with Crippen LogP contribution in [0.25, 0.3) is 0 Å². The van der Waals surface area contributed by atoms with E-state index in [1.807, 2.05) is 0 Å². The fourth-order valence-corrected chi connectivity index (χ4v) is 3.79. The minimum absolute atomic E-state index is 0.0811. The van der Waals surface area contributed by atoms with Crippen LogP contribution in [0.4, 0.5) is 0 Å². The highest BCUT2D eigenvalue weighted by atomic mass is 16.5. The van der Waals surface area contributed by atoms with Gasteiger partial charge in [-0.3, -0.25) is 0 Å². The number of aromatic nitrogens is 3. The third-order valence-electron chi connectivity index (χ3n) is 5.02. The summed E-state index contributed by atoms with van der Waals surface area (Å²) in [7, 11) is 0. The number of nitrogens with zero attached hydrogens (tertiary/aromatic N) is 3. The summed E-state index contributed by atoms with van der Waals surface area (Å²) in [4.78, 5) is 0. The Hall–Kier alpha value is -1.88. The maximum Gasteiger partial charge on any atom is 0.149 e. The number of ether oxygens (including phenoxy) is 1. The minimum atomic E-state index is -0.0811. The van der Waals surface area contributed by atoms with Gasteiger partial charge in [0.1, 0.15) is 23.0 Å². The lowest BCUT2D eigenvalue weighted by Gasteiger charge is -2.19. The van der Waals surface area contributed by atoms with E-state index in [1.165, 1.54) is 24.0 Å². The van der Waals surface area contributed by atoms with E-state index in [0.717, 1.165) is 43.3 Å². The third-order valence-corrected chi connectivity index (χ3v) is 5.02. The minimum Gasteiger partial charge on any atom is -0.487 e. The zero-order valence-electron chi connectivity index (χ0n) is 14.8. The Labute approximate surface area is 143 Å². The van der Waals surface area contributed by atoms with E-state index >= 15 is 0 Å². The van der Waals surface area contributed by atoms with Gasteiger partial charge >= 0.3 is 0 Å². The lowest BCUT2D eigenvalue weighted by atomic mass is 10.00. The molecule has 5 heteroatoms. The van der Waals surface area contributed by atoms with E-state index < -0.39 is 0 Å². The molecule has 1 N–H and O–H groups in total. The van der Waals surface area contributed by atoms with Crippen molar-refractivity contribution >= 4 is 0 Å². The molecular weight excluding hydrogens is 300 g/mol. The van der Waals surface area contributed by atoms with Crippen molar-refractivity contribution in [3.63, 3.8) is 0 Å². The maximum atomic E-state index is 5.95. The van der Waals surface area contributed by atoms with Gasteiger partial charge in [0.15, 0.2) is 0 Å². The quantitative estimate of drug-likeness (QED) is 0.937. The van der Waals surface area contributed by atoms with Crippen LogP contribution in [0, 0.1) is 0 Å². The molecule has 0 saturated heterocycles. The summed E-state index contributed by atoms with van der Waals surface area (Å²) in [5.41, 5.74) is 2.52. The molecule has 2 aromatic rings. The van der Waals surface area contributed by atoms with Crippen LogP contribution in [0.15, 0.2) is 18.2 Å². The molecule has 0 fully saturated rings. The Morgan fingerprint density at radius 1 is 1.29 bits per heavy atom. The van der Waals surface area contributed by atoms with E-state index in [9.17, 15) is 0 Å². The predicted octanol–water partition coefficient (Wildman–Crippen LogP) is 3.18. The molecule has 4 rings (SSSR count). The van der Waals surface area contributed by atoms with Gasteiger partial charge in [-0.05, 0) is 50.8 Å². The predicted molar refractivity (Wildman–Crippen MR) is 93.1 cm³/mol. The molecule has 1 aromatic heterocycles. The van der Waals surface area contributed by atoms with E-state index in [1.54, 1.807) is 0 Å². The third kappa shape index (κ3) is 2.93. The Morgan fingerprint density at radius 2 is 2.17 bits per heavy atom. The molecule has 24 heavy (non-hydrogen) atoms. The lowest BCUT2D eigenvalue weighted by Crippen LogP contribution is -2.24. The number of nitrogens with one attached hydrogen (secondary N) is 1. The molecule has 128 valence electrons. The number of rotatable bonds is 4. The number of fused-ring (bicyclic) bond motifs is 2. The highest BCUT2D eigenvalue weighted by Gasteiger charge is 2.29. The van der Waals surface area contributed by atoms with Gasteiger partial charge < -0.3 is 14.6 Å². The van der Waals surface area contributed by atoms with Crippen LogP contribution in [-0.2, 0) is 25.9 Å². The zero-order valence-corrected chi connectivity index (χ0v) is 14.8. The molecule has 2 aliphatic rings. The van der Waals surface area contributed by atoms with Crippen molar-refractivity contribution in [2.45, 2.75) is 71.2 Å². The van der Waals surface area contributed by atoms with Crippen LogP contribution in [0.2, 0.25) is 0 Å². The summed E-state index contributed by atoms with van der Waals surface area (Å²) in [6.45, 7) is 8.33. The monoisotopic (exact) mass is 326 g/mol. The molecule has 0 spiro atoms. The van der Waals surface area contributed by atoms with Crippen LogP contribution < -0.4 is 10.1 Å². The largest absolute Gasteiger partial charge is 0.487 e. The average Bonchev–Trinajstić information content (AvgIpc) is 3.11. The molecule has 0 radical (unpaired) electrons. The molecular formula is C19H26N4O. The molecule has 5 nitrogen and oxygen atoms in total. The van der Waals surface area contributed by atoms with Crippen molar-refractivity contribution in [1.29, 1.82) is 0 Å². The fraction of sp³-hybridized carbons (Fsp3) is 0.579. The van der Waals surface area contributed by atoms with Crippen molar-refractivity contribution < 1.29 is 4.74 Å². The number of hydrogen-bond donors (Lipinski definition) is 1. The second kappa shape index (κ2) is 5.88. The van der Waals surface area contributed by atoms with Crippen molar-refractivity contribution in [3.05, 3.63) is 41.0 Å². The molecule has 2 aliphatic heterocycles. The highest BCUT2D eigenvalue weighted by Crippen LogP contribution is 2.35. The lowest BCUT2D eigenvalue weighted by molar-refractivity contribution is 0.138. The normalized spacial score (nSPS) is 19.5. The van der Waals surface area contributed by atoms with Gasteiger partial charge in [0, 0.05) is 25.9 Å². The summed E-state index contributed by atoms with van der Waals surface area (Å²) in [6.07, 6.45) is 4.49. The Kier molecular flexibility index (Phi) is 3.83. The van der Waals surface area contributed by atoms with Gasteiger partial charge in [0.25, 0.3) is 0 Å². The Bertz CT molecular complexity index is 750. The molecule has 1 atom stereocenters. The van der Waals surface area contributed by atoms with Gasteiger partial charge in [0.2, 0.25) is 0 Å². The fourth-order valence-electron chi connectivity index (χ4n) is 3.79. The van der Waals surface area contributed by atoms with Crippen LogP contribution in [0.1, 0.15) is 62.4 Å². The molecule has 0 saturated carbocycles. The van der Waals surface area contributed by atoms with Crippen molar-refractivity contribution in [2.24, 2.45) is 0 Å². The van der Waals surface area contributed by atoms with E-state index in [0.29, 0.717) is 0 Å². The van der Waals surface area contributed by atoms with Gasteiger partial charge in [0.05, 0.1) is 6.04 Å². The van der Waals surface area contributed by atoms with E-state index in [-0.39, 0.29) is 11.6 Å². The van der Waals surface area contributed by atoms with Gasteiger partial charge in [-0.15, -0.1) is 10.2 Å². The maximum absolute atomic E-state index is 5.95. The highest BCUT2D eigenvalue weighted by molar-refractivity contribution is 5.41. The van der Waals surface area contributed by atoms with Crippen molar-refractivity contribution in [3.8, 4) is 5.75 Å². The first-order valence-electron chi connectivity index (χ1n) is 8.98. The number of hydrogen-bond acceptors (Lipinski definition) is 4. The summed E-state index contributed by atoms with van der Waals surface area (Å²) >= 11 is 0. The first-order chi connectivity index (χ1) is 11.5. The molecule has 0 bridgehead atoms. The van der Waals surface area contributed by atoms with Crippen LogP contribution in [0.5, 0.6) is 5.75 Å².